The fraction of sp³-hybridized carbons (Fsp3) is 0.143. The number of hydrogen-bond acceptors (Lipinski definition) is 2. The van der Waals surface area contributed by atoms with Gasteiger partial charge in [0.1, 0.15) is 0 Å². The first-order valence-electron chi connectivity index (χ1n) is 47.4. The fourth-order valence-corrected chi connectivity index (χ4v) is 28.5. The van der Waals surface area contributed by atoms with Gasteiger partial charge in [-0.3, -0.25) is 0 Å². The zero-order valence-electron chi connectivity index (χ0n) is 79.7. The van der Waals surface area contributed by atoms with Crippen LogP contribution < -0.4 is 0 Å². The maximum atomic E-state index is 12.2. The van der Waals surface area contributed by atoms with Crippen molar-refractivity contribution in [1.82, 2.24) is 0 Å². The summed E-state index contributed by atoms with van der Waals surface area (Å²) in [6.07, 6.45) is 6.03. The zero-order valence-corrected chi connectivity index (χ0v) is 84.6. The Hall–Kier alpha value is -12.3. The second-order valence-corrected chi connectivity index (χ2v) is 40.4. The Bertz CT molecular complexity index is 5550. The van der Waals surface area contributed by atoms with E-state index in [0.29, 0.717) is 0 Å². The molecule has 0 aromatic heterocycles. The Morgan fingerprint density at radius 1 is 0.134 bits per heavy atom. The van der Waals surface area contributed by atoms with Crippen LogP contribution in [0.5, 0.6) is 0 Å². The van der Waals surface area contributed by atoms with Gasteiger partial charge in [-0.2, -0.15) is 0 Å². The van der Waals surface area contributed by atoms with Crippen molar-refractivity contribution in [3.8, 4) is 0 Å². The van der Waals surface area contributed by atoms with E-state index in [1.54, 1.807) is 0 Å². The highest BCUT2D eigenvalue weighted by Crippen LogP contribution is 2.45. The predicted molar refractivity (Wildman–Crippen MR) is 579 cm³/mol. The summed E-state index contributed by atoms with van der Waals surface area (Å²) in [5, 5.41) is 0. The van der Waals surface area contributed by atoms with Crippen LogP contribution in [0.2, 0.25) is 0 Å². The van der Waals surface area contributed by atoms with Gasteiger partial charge in [0.25, 0.3) is 0 Å². The molecular formula is C126H128O2S6+4. The Morgan fingerprint density at radius 3 is 0.388 bits per heavy atom. The van der Waals surface area contributed by atoms with Gasteiger partial charge >= 0.3 is 0 Å². The monoisotopic (exact) mass is 1860 g/mol. The van der Waals surface area contributed by atoms with E-state index < -0.39 is 21.6 Å². The van der Waals surface area contributed by atoms with Gasteiger partial charge in [0.2, 0.25) is 0 Å². The van der Waals surface area contributed by atoms with E-state index in [1.165, 1.54) is 126 Å². The van der Waals surface area contributed by atoms with Crippen LogP contribution >= 0.6 is 0 Å². The topological polar surface area (TPSA) is 34.1 Å². The van der Waals surface area contributed by atoms with Crippen LogP contribution in [0, 0.1) is 0 Å². The van der Waals surface area contributed by atoms with E-state index in [0.717, 1.165) is 58.1 Å². The van der Waals surface area contributed by atoms with Crippen molar-refractivity contribution in [2.24, 2.45) is 0 Å². The lowest BCUT2D eigenvalue weighted by molar-refractivity contribution is 0.678. The minimum Gasteiger partial charge on any atom is -0.249 e. The molecule has 0 amide bonds. The lowest BCUT2D eigenvalue weighted by Gasteiger charge is -2.19. The third-order valence-corrected chi connectivity index (χ3v) is 34.6. The minimum absolute atomic E-state index is 0.0421. The van der Waals surface area contributed by atoms with E-state index in [4.69, 9.17) is 0 Å². The Kier molecular flexibility index (Phi) is 42.7. The quantitative estimate of drug-likeness (QED) is 0.165. The van der Waals surface area contributed by atoms with Crippen molar-refractivity contribution >= 4 is 65.2 Å². The highest BCUT2D eigenvalue weighted by atomic mass is 32.2. The van der Waals surface area contributed by atoms with Crippen molar-refractivity contribution in [3.05, 3.63) is 552 Å². The largest absolute Gasteiger partial charge is 0.249 e. The number of rotatable bonds is 4. The number of fused-ring (bicyclic) bond motifs is 12. The summed E-state index contributed by atoms with van der Waals surface area (Å²) in [5.74, 6) is 0. The van der Waals surface area contributed by atoms with Gasteiger partial charge in [-0.1, -0.05) is 447 Å². The normalized spacial score (nSPS) is 12.3. The fourth-order valence-electron chi connectivity index (χ4n) is 16.1. The molecule has 6 heterocycles. The molecule has 0 fully saturated rings. The van der Waals surface area contributed by atoms with Gasteiger partial charge in [0.15, 0.2) is 58.7 Å². The molecule has 0 radical (unpaired) electrons. The van der Waals surface area contributed by atoms with Gasteiger partial charge < -0.3 is 0 Å². The molecule has 2 nitrogen and oxygen atoms in total. The Labute approximate surface area is 818 Å². The third kappa shape index (κ3) is 26.6. The maximum absolute atomic E-state index is 12.2. The summed E-state index contributed by atoms with van der Waals surface area (Å²) < 4.78 is 24.4. The first kappa shape index (κ1) is 102. The van der Waals surface area contributed by atoms with Gasteiger partial charge in [-0.25, -0.2) is 8.42 Å². The van der Waals surface area contributed by atoms with Crippen molar-refractivity contribution in [1.29, 1.82) is 0 Å². The van der Waals surface area contributed by atoms with E-state index in [9.17, 15) is 8.42 Å². The molecule has 24 rings (SSSR count). The molecule has 18 aromatic rings. The first-order valence-corrected chi connectivity index (χ1v) is 54.6. The summed E-state index contributed by atoms with van der Waals surface area (Å²) in [4.78, 5) is 21.4. The molecule has 8 heteroatoms. The van der Waals surface area contributed by atoms with Crippen LogP contribution in [0.1, 0.15) is 150 Å². The number of benzene rings is 18. The molecular weight excluding hydrogens is 1740 g/mol. The minimum atomic E-state index is -0.990. The molecule has 0 unspecified atom stereocenters. The third-order valence-electron chi connectivity index (χ3n) is 21.8. The van der Waals surface area contributed by atoms with Crippen LogP contribution in [0.25, 0.3) is 0 Å². The van der Waals surface area contributed by atoms with Crippen molar-refractivity contribution < 1.29 is 8.42 Å². The second kappa shape index (κ2) is 56.0. The van der Waals surface area contributed by atoms with Crippen LogP contribution in [0.4, 0.5) is 0 Å². The predicted octanol–water partition coefficient (Wildman–Crippen LogP) is 33.8. The van der Waals surface area contributed by atoms with E-state index >= 15 is 0 Å². The summed E-state index contributed by atoms with van der Waals surface area (Å²) >= 11 is 0. The smallest absolute Gasteiger partial charge is 0.170 e. The Morgan fingerprint density at radius 2 is 0.239 bits per heavy atom. The highest BCUT2D eigenvalue weighted by Gasteiger charge is 2.41. The van der Waals surface area contributed by atoms with E-state index in [1.807, 2.05) is 229 Å². The van der Waals surface area contributed by atoms with E-state index in [-0.39, 0.29) is 43.6 Å². The standard InChI is InChI=1S/4C19H15S.2C13H10OS.2C6H6.6C2H6/c4*1-2-10-17(11-3-1)20-18-12-6-4-8-15(18)14-16-9-5-7-13-19(16)20;2*14-15-12-7-3-1-5-10(12)9-11-6-2-4-8-13(11)15;2*1-2-4-6-5-3-1;6*1-2/h4*1-13H,14H2;2*1-8H,9H2;2*1-6H;6*1-2H3/q4*+1;;;;;;;;;;. The summed E-state index contributed by atoms with van der Waals surface area (Å²) in [5.41, 5.74) is 16.5. The first-order chi connectivity index (χ1) is 66.5. The number of hydrogen-bond donors (Lipinski definition) is 0. The van der Waals surface area contributed by atoms with Crippen molar-refractivity contribution in [2.45, 2.75) is 200 Å². The molecule has 0 spiro atoms. The molecule has 0 bridgehead atoms. The maximum Gasteiger partial charge on any atom is 0.170 e. The van der Waals surface area contributed by atoms with Crippen LogP contribution in [0.15, 0.2) is 564 Å². The molecule has 6 aliphatic rings. The van der Waals surface area contributed by atoms with Gasteiger partial charge in [-0.05, 0) is 156 Å². The van der Waals surface area contributed by atoms with Crippen LogP contribution in [-0.2, 0) is 104 Å². The molecule has 0 saturated carbocycles. The SMILES string of the molecule is CC.CC.CC.CC.CC.CC.O=S1c2ccccc2Cc2ccccc21.O=S1c2ccccc2Cc2ccccc21.c1ccc([S+]2c3ccccc3Cc3ccccc32)cc1.c1ccc([S+]2c3ccccc3Cc3ccccc32)cc1.c1ccc([S+]2c3ccccc3Cc3ccccc32)cc1.c1ccc([S+]2c3ccccc3Cc3ccccc32)cc1.c1ccccc1.c1ccccc1. The molecule has 0 saturated heterocycles. The average molecular weight is 1870 g/mol. The van der Waals surface area contributed by atoms with Crippen molar-refractivity contribution in [2.75, 3.05) is 0 Å². The Balaban J connectivity index is 0.000000148. The van der Waals surface area contributed by atoms with Crippen LogP contribution in [-0.4, -0.2) is 8.42 Å². The molecule has 0 aliphatic carbocycles. The highest BCUT2D eigenvalue weighted by molar-refractivity contribution is 7.98. The van der Waals surface area contributed by atoms with Gasteiger partial charge in [0.05, 0.1) is 65.2 Å². The average Bonchev–Trinajstić information content (AvgIpc) is 0.772. The molecule has 6 aliphatic heterocycles. The van der Waals surface area contributed by atoms with Gasteiger partial charge in [0, 0.05) is 89.8 Å². The second-order valence-electron chi connectivity index (χ2n) is 29.7. The zero-order chi connectivity index (χ0) is 94.4. The summed E-state index contributed by atoms with van der Waals surface area (Å²) in [7, 11) is -1.81. The molecule has 676 valence electrons. The molecule has 134 heavy (non-hydrogen) atoms. The molecule has 0 N–H and O–H groups in total. The van der Waals surface area contributed by atoms with Crippen LogP contribution in [0.3, 0.4) is 0 Å². The van der Waals surface area contributed by atoms with E-state index in [2.05, 4.69) is 340 Å². The summed E-state index contributed by atoms with van der Waals surface area (Å²) in [6, 6.07) is 170. The lowest BCUT2D eigenvalue weighted by Crippen LogP contribution is -2.15. The lowest BCUT2D eigenvalue weighted by atomic mass is 10.0. The van der Waals surface area contributed by atoms with Gasteiger partial charge in [-0.15, -0.1) is 0 Å². The molecule has 18 aromatic carbocycles. The van der Waals surface area contributed by atoms with Crippen molar-refractivity contribution in [3.63, 3.8) is 0 Å². The molecule has 0 atom stereocenters. The summed E-state index contributed by atoms with van der Waals surface area (Å²) in [6.45, 7) is 24.0.